The molecule has 2 N–H and O–H groups in total. The number of nitrogens with one attached hydrogen (secondary N) is 1. The summed E-state index contributed by atoms with van der Waals surface area (Å²) in [6, 6.07) is 16.2. The normalized spacial score (nSPS) is 12.9. The van der Waals surface area contributed by atoms with E-state index in [2.05, 4.69) is 5.32 Å². The number of aliphatic hydroxyl groups is 1. The average molecular weight is 413 g/mol. The molecule has 0 bridgehead atoms. The molecule has 5 nitrogen and oxygen atoms in total. The average Bonchev–Trinajstić information content (AvgIpc) is 3.27. The van der Waals surface area contributed by atoms with Crippen LogP contribution in [-0.2, 0) is 19.7 Å². The predicted molar refractivity (Wildman–Crippen MR) is 110 cm³/mol. The quantitative estimate of drug-likeness (QED) is 0.656. The van der Waals surface area contributed by atoms with Crippen LogP contribution in [0.4, 0.5) is 5.69 Å². The van der Waals surface area contributed by atoms with Gasteiger partial charge in [0.05, 0.1) is 15.8 Å². The molecule has 3 aromatic rings. The molecular weight excluding hydrogens is 396 g/mol. The Hall–Kier alpha value is -2.67. The summed E-state index contributed by atoms with van der Waals surface area (Å²) in [7, 11) is 0. The monoisotopic (exact) mass is 412 g/mol. The number of thiophene rings is 1. The highest BCUT2D eigenvalue weighted by Gasteiger charge is 2.29. The Morgan fingerprint density at radius 3 is 2.68 bits per heavy atom. The smallest absolute Gasteiger partial charge is 0.265 e. The molecule has 0 saturated carbocycles. The molecule has 142 valence electrons. The van der Waals surface area contributed by atoms with Crippen LogP contribution in [0.1, 0.15) is 36.7 Å². The summed E-state index contributed by atoms with van der Waals surface area (Å²) in [4.78, 5) is 27.5. The fourth-order valence-electron chi connectivity index (χ4n) is 3.30. The first kappa shape index (κ1) is 18.7. The number of halogens is 1. The molecule has 0 aliphatic carbocycles. The molecule has 28 heavy (non-hydrogen) atoms. The Labute approximate surface area is 171 Å². The summed E-state index contributed by atoms with van der Waals surface area (Å²) < 4.78 is 0.551. The number of nitrogens with zero attached hydrogens (tertiary/aromatic N) is 1. The van der Waals surface area contributed by atoms with Gasteiger partial charge in [-0.15, -0.1) is 11.3 Å². The minimum atomic E-state index is -0.244. The van der Waals surface area contributed by atoms with Crippen molar-refractivity contribution in [1.82, 2.24) is 4.90 Å². The largest absolute Gasteiger partial charge is 0.392 e. The van der Waals surface area contributed by atoms with Crippen molar-refractivity contribution in [2.45, 2.75) is 19.7 Å². The summed E-state index contributed by atoms with van der Waals surface area (Å²) in [6.45, 7) is 0.819. The van der Waals surface area contributed by atoms with Gasteiger partial charge in [-0.05, 0) is 35.4 Å². The van der Waals surface area contributed by atoms with Crippen LogP contribution in [-0.4, -0.2) is 21.8 Å². The van der Waals surface area contributed by atoms with Crippen molar-refractivity contribution in [1.29, 1.82) is 0 Å². The van der Waals surface area contributed by atoms with E-state index in [-0.39, 0.29) is 18.4 Å². The number of anilines is 1. The number of rotatable bonds is 5. The molecule has 2 amide bonds. The maximum absolute atomic E-state index is 12.8. The van der Waals surface area contributed by atoms with Gasteiger partial charge in [0.1, 0.15) is 0 Å². The van der Waals surface area contributed by atoms with Gasteiger partial charge in [0.25, 0.3) is 11.8 Å². The second-order valence-electron chi connectivity index (χ2n) is 6.53. The number of carbonyl (C=O) groups is 2. The molecule has 2 aromatic carbocycles. The van der Waals surface area contributed by atoms with E-state index < -0.39 is 0 Å². The third-order valence-corrected chi connectivity index (χ3v) is 5.87. The Morgan fingerprint density at radius 2 is 1.93 bits per heavy atom. The van der Waals surface area contributed by atoms with Gasteiger partial charge in [0, 0.05) is 29.9 Å². The second kappa shape index (κ2) is 7.75. The minimum absolute atomic E-state index is 0.0368. The molecule has 2 heterocycles. The predicted octanol–water partition coefficient (Wildman–Crippen LogP) is 4.30. The van der Waals surface area contributed by atoms with E-state index in [4.69, 9.17) is 11.6 Å². The first-order valence-electron chi connectivity index (χ1n) is 8.71. The Bertz CT molecular complexity index is 1060. The van der Waals surface area contributed by atoms with Gasteiger partial charge in [-0.25, -0.2) is 0 Å². The molecule has 0 fully saturated rings. The van der Waals surface area contributed by atoms with Crippen LogP contribution >= 0.6 is 22.9 Å². The van der Waals surface area contributed by atoms with Crippen molar-refractivity contribution < 1.29 is 14.7 Å². The third-order valence-electron chi connectivity index (χ3n) is 4.64. The van der Waals surface area contributed by atoms with Crippen molar-refractivity contribution in [2.24, 2.45) is 0 Å². The zero-order chi connectivity index (χ0) is 19.7. The molecule has 0 radical (unpaired) electrons. The standard InChI is InChI=1S/C21H17ClN2O3S/c22-19-8-7-18(28-19)20(26)23-17-6-2-5-15-16(17)11-24(21(15)27)10-13-3-1-4-14(9-13)12-25/h1-9,25H,10-12H2,(H,23,26). The van der Waals surface area contributed by atoms with Crippen LogP contribution in [0.25, 0.3) is 0 Å². The highest BCUT2D eigenvalue weighted by molar-refractivity contribution is 7.18. The SMILES string of the molecule is O=C(Nc1cccc2c1CN(Cc1cccc(CO)c1)C2=O)c1ccc(Cl)s1. The van der Waals surface area contributed by atoms with E-state index in [1.54, 1.807) is 35.2 Å². The molecule has 0 saturated heterocycles. The van der Waals surface area contributed by atoms with E-state index in [1.807, 2.05) is 24.3 Å². The number of benzene rings is 2. The number of hydrogen-bond acceptors (Lipinski definition) is 4. The Morgan fingerprint density at radius 1 is 1.14 bits per heavy atom. The Balaban J connectivity index is 1.55. The van der Waals surface area contributed by atoms with Crippen molar-refractivity contribution in [3.8, 4) is 0 Å². The first-order chi connectivity index (χ1) is 13.5. The molecule has 4 rings (SSSR count). The van der Waals surface area contributed by atoms with Crippen LogP contribution in [0.2, 0.25) is 4.34 Å². The van der Waals surface area contributed by atoms with Gasteiger partial charge >= 0.3 is 0 Å². The lowest BCUT2D eigenvalue weighted by Gasteiger charge is -2.16. The molecule has 0 unspecified atom stereocenters. The lowest BCUT2D eigenvalue weighted by atomic mass is 10.1. The van der Waals surface area contributed by atoms with Crippen molar-refractivity contribution in [3.63, 3.8) is 0 Å². The summed E-state index contributed by atoms with van der Waals surface area (Å²) >= 11 is 7.12. The van der Waals surface area contributed by atoms with Gasteiger partial charge in [-0.2, -0.15) is 0 Å². The maximum Gasteiger partial charge on any atom is 0.265 e. The number of amides is 2. The van der Waals surface area contributed by atoms with E-state index in [9.17, 15) is 14.7 Å². The molecule has 0 spiro atoms. The second-order valence-corrected chi connectivity index (χ2v) is 8.24. The molecular formula is C21H17ClN2O3S. The van der Waals surface area contributed by atoms with E-state index in [1.165, 1.54) is 11.3 Å². The number of hydrogen-bond donors (Lipinski definition) is 2. The number of aliphatic hydroxyl groups excluding tert-OH is 1. The van der Waals surface area contributed by atoms with Crippen LogP contribution in [0.15, 0.2) is 54.6 Å². The molecule has 1 aromatic heterocycles. The van der Waals surface area contributed by atoms with Crippen LogP contribution in [0, 0.1) is 0 Å². The van der Waals surface area contributed by atoms with E-state index in [0.29, 0.717) is 33.6 Å². The van der Waals surface area contributed by atoms with Crippen molar-refractivity contribution >= 4 is 40.4 Å². The summed E-state index contributed by atoms with van der Waals surface area (Å²) in [6.07, 6.45) is 0. The van der Waals surface area contributed by atoms with Gasteiger partial charge < -0.3 is 15.3 Å². The summed E-state index contributed by atoms with van der Waals surface area (Å²) in [5.74, 6) is -0.313. The molecule has 7 heteroatoms. The fourth-order valence-corrected chi connectivity index (χ4v) is 4.24. The third kappa shape index (κ3) is 3.67. The topological polar surface area (TPSA) is 69.6 Å². The number of carbonyl (C=O) groups excluding carboxylic acids is 2. The van der Waals surface area contributed by atoms with Crippen LogP contribution < -0.4 is 5.32 Å². The zero-order valence-electron chi connectivity index (χ0n) is 14.8. The summed E-state index contributed by atoms with van der Waals surface area (Å²) in [5, 5.41) is 12.2. The minimum Gasteiger partial charge on any atom is -0.392 e. The zero-order valence-corrected chi connectivity index (χ0v) is 16.4. The maximum atomic E-state index is 12.8. The highest BCUT2D eigenvalue weighted by Crippen LogP contribution is 2.31. The van der Waals surface area contributed by atoms with Crippen molar-refractivity contribution in [2.75, 3.05) is 5.32 Å². The van der Waals surface area contributed by atoms with Gasteiger partial charge in [0.2, 0.25) is 0 Å². The van der Waals surface area contributed by atoms with Crippen LogP contribution in [0.5, 0.6) is 0 Å². The van der Waals surface area contributed by atoms with Gasteiger partial charge in [-0.3, -0.25) is 9.59 Å². The number of fused-ring (bicyclic) bond motifs is 1. The Kier molecular flexibility index (Phi) is 5.17. The summed E-state index contributed by atoms with van der Waals surface area (Å²) in [5.41, 5.74) is 3.80. The fraction of sp³-hybridized carbons (Fsp3) is 0.143. The molecule has 1 aliphatic rings. The van der Waals surface area contributed by atoms with E-state index >= 15 is 0 Å². The van der Waals surface area contributed by atoms with Gasteiger partial charge in [0.15, 0.2) is 0 Å². The molecule has 0 atom stereocenters. The first-order valence-corrected chi connectivity index (χ1v) is 9.91. The van der Waals surface area contributed by atoms with Crippen molar-refractivity contribution in [3.05, 3.63) is 86.1 Å². The van der Waals surface area contributed by atoms with E-state index in [0.717, 1.165) is 16.7 Å². The lowest BCUT2D eigenvalue weighted by Crippen LogP contribution is -2.23. The van der Waals surface area contributed by atoms with Crippen LogP contribution in [0.3, 0.4) is 0 Å². The van der Waals surface area contributed by atoms with Gasteiger partial charge in [-0.1, -0.05) is 41.9 Å². The lowest BCUT2D eigenvalue weighted by molar-refractivity contribution is 0.0766. The molecule has 1 aliphatic heterocycles. The highest BCUT2D eigenvalue weighted by atomic mass is 35.5.